The average Bonchev–Trinajstić information content (AvgIpc) is 2.42. The molecule has 0 unspecified atom stereocenters. The predicted molar refractivity (Wildman–Crippen MR) is 79.3 cm³/mol. The Balaban J connectivity index is 1.80. The first kappa shape index (κ1) is 14.1. The fourth-order valence-electron chi connectivity index (χ4n) is 2.60. The van der Waals surface area contributed by atoms with E-state index in [1.807, 2.05) is 12.1 Å². The highest BCUT2D eigenvalue weighted by atomic mass is 16.1. The van der Waals surface area contributed by atoms with Crippen LogP contribution in [-0.4, -0.2) is 19.0 Å². The van der Waals surface area contributed by atoms with Crippen LogP contribution in [0.1, 0.15) is 38.2 Å². The standard InChI is InChI=1S/C16H24N2O/c1-2-3-13-4-6-15(7-5-13)18-16(19)12-14-8-10-17-11-9-14/h4-7,14,17H,2-3,8-12H2,1H3,(H,18,19). The summed E-state index contributed by atoms with van der Waals surface area (Å²) < 4.78 is 0. The third-order valence-electron chi connectivity index (χ3n) is 3.71. The zero-order valence-corrected chi connectivity index (χ0v) is 11.7. The van der Waals surface area contributed by atoms with Gasteiger partial charge in [0.05, 0.1) is 0 Å². The lowest BCUT2D eigenvalue weighted by atomic mass is 9.94. The Kier molecular flexibility index (Phi) is 5.40. The summed E-state index contributed by atoms with van der Waals surface area (Å²) in [5, 5.41) is 6.32. The van der Waals surface area contributed by atoms with Gasteiger partial charge in [-0.15, -0.1) is 0 Å². The van der Waals surface area contributed by atoms with Crippen molar-refractivity contribution >= 4 is 11.6 Å². The molecule has 3 nitrogen and oxygen atoms in total. The first-order chi connectivity index (χ1) is 9.28. The minimum atomic E-state index is 0.148. The van der Waals surface area contributed by atoms with Crippen LogP contribution in [0.4, 0.5) is 5.69 Å². The molecule has 2 N–H and O–H groups in total. The molecule has 1 aromatic rings. The molecule has 2 rings (SSSR count). The van der Waals surface area contributed by atoms with Crippen LogP contribution in [-0.2, 0) is 11.2 Å². The third kappa shape index (κ3) is 4.67. The van der Waals surface area contributed by atoms with Crippen LogP contribution in [0.5, 0.6) is 0 Å². The molecule has 1 heterocycles. The highest BCUT2D eigenvalue weighted by molar-refractivity contribution is 5.90. The van der Waals surface area contributed by atoms with Crippen molar-refractivity contribution in [1.82, 2.24) is 5.32 Å². The molecule has 1 amide bonds. The first-order valence-electron chi connectivity index (χ1n) is 7.37. The maximum Gasteiger partial charge on any atom is 0.224 e. The zero-order valence-electron chi connectivity index (χ0n) is 11.7. The van der Waals surface area contributed by atoms with E-state index in [9.17, 15) is 4.79 Å². The fraction of sp³-hybridized carbons (Fsp3) is 0.562. The topological polar surface area (TPSA) is 41.1 Å². The number of carbonyl (C=O) groups excluding carboxylic acids is 1. The minimum Gasteiger partial charge on any atom is -0.326 e. The summed E-state index contributed by atoms with van der Waals surface area (Å²) in [5.74, 6) is 0.691. The number of benzene rings is 1. The maximum absolute atomic E-state index is 12.0. The molecule has 0 aromatic heterocycles. The molecule has 104 valence electrons. The number of nitrogens with one attached hydrogen (secondary N) is 2. The molecule has 1 aliphatic heterocycles. The van der Waals surface area contributed by atoms with Crippen molar-refractivity contribution in [2.75, 3.05) is 18.4 Å². The molecule has 0 saturated carbocycles. The highest BCUT2D eigenvalue weighted by Crippen LogP contribution is 2.17. The number of carbonyl (C=O) groups is 1. The van der Waals surface area contributed by atoms with Gasteiger partial charge in [0.2, 0.25) is 5.91 Å². The van der Waals surface area contributed by atoms with E-state index in [0.29, 0.717) is 12.3 Å². The van der Waals surface area contributed by atoms with Crippen molar-refractivity contribution in [3.05, 3.63) is 29.8 Å². The molecule has 3 heteroatoms. The van der Waals surface area contributed by atoms with E-state index in [0.717, 1.165) is 44.5 Å². The summed E-state index contributed by atoms with van der Waals surface area (Å²) in [6.07, 6.45) is 5.13. The normalized spacial score (nSPS) is 16.3. The van der Waals surface area contributed by atoms with Gasteiger partial charge in [-0.3, -0.25) is 4.79 Å². The average molecular weight is 260 g/mol. The molecule has 1 aliphatic rings. The molecule has 19 heavy (non-hydrogen) atoms. The minimum absolute atomic E-state index is 0.148. The first-order valence-corrected chi connectivity index (χ1v) is 7.37. The van der Waals surface area contributed by atoms with Gasteiger partial charge in [-0.05, 0) is 56.0 Å². The van der Waals surface area contributed by atoms with Gasteiger partial charge < -0.3 is 10.6 Å². The number of piperidine rings is 1. The van der Waals surface area contributed by atoms with Crippen molar-refractivity contribution < 1.29 is 4.79 Å². The number of hydrogen-bond donors (Lipinski definition) is 2. The molecule has 1 fully saturated rings. The molecule has 1 saturated heterocycles. The van der Waals surface area contributed by atoms with Gasteiger partial charge in [0.25, 0.3) is 0 Å². The Morgan fingerprint density at radius 3 is 2.58 bits per heavy atom. The number of anilines is 1. The Hall–Kier alpha value is -1.35. The second kappa shape index (κ2) is 7.29. The van der Waals surface area contributed by atoms with E-state index in [2.05, 4.69) is 29.7 Å². The SMILES string of the molecule is CCCc1ccc(NC(=O)CC2CCNCC2)cc1. The van der Waals surface area contributed by atoms with Crippen LogP contribution in [0.2, 0.25) is 0 Å². The van der Waals surface area contributed by atoms with Crippen LogP contribution in [0.3, 0.4) is 0 Å². The fourth-order valence-corrected chi connectivity index (χ4v) is 2.60. The number of amides is 1. The summed E-state index contributed by atoms with van der Waals surface area (Å²) in [6, 6.07) is 8.21. The van der Waals surface area contributed by atoms with Gasteiger partial charge in [-0.1, -0.05) is 25.5 Å². The van der Waals surface area contributed by atoms with Gasteiger partial charge in [0.1, 0.15) is 0 Å². The van der Waals surface area contributed by atoms with Gasteiger partial charge >= 0.3 is 0 Å². The molecule has 0 spiro atoms. The van der Waals surface area contributed by atoms with E-state index in [1.165, 1.54) is 5.56 Å². The monoisotopic (exact) mass is 260 g/mol. The summed E-state index contributed by atoms with van der Waals surface area (Å²) >= 11 is 0. The summed E-state index contributed by atoms with van der Waals surface area (Å²) in [4.78, 5) is 12.0. The second-order valence-electron chi connectivity index (χ2n) is 5.39. The Bertz CT molecular complexity index is 394. The summed E-state index contributed by atoms with van der Waals surface area (Å²) in [6.45, 7) is 4.27. The van der Waals surface area contributed by atoms with Gasteiger partial charge in [0, 0.05) is 12.1 Å². The lowest BCUT2D eigenvalue weighted by Gasteiger charge is -2.21. The van der Waals surface area contributed by atoms with Gasteiger partial charge in [-0.2, -0.15) is 0 Å². The van der Waals surface area contributed by atoms with E-state index in [1.54, 1.807) is 0 Å². The lowest BCUT2D eigenvalue weighted by Crippen LogP contribution is -2.30. The zero-order chi connectivity index (χ0) is 13.5. The predicted octanol–water partition coefficient (Wildman–Crippen LogP) is 2.97. The van der Waals surface area contributed by atoms with E-state index in [-0.39, 0.29) is 5.91 Å². The van der Waals surface area contributed by atoms with Crippen molar-refractivity contribution in [3.8, 4) is 0 Å². The third-order valence-corrected chi connectivity index (χ3v) is 3.71. The van der Waals surface area contributed by atoms with Gasteiger partial charge in [0.15, 0.2) is 0 Å². The van der Waals surface area contributed by atoms with Crippen molar-refractivity contribution in [2.45, 2.75) is 39.0 Å². The molecule has 0 bridgehead atoms. The molecule has 0 aliphatic carbocycles. The summed E-state index contributed by atoms with van der Waals surface area (Å²) in [5.41, 5.74) is 2.25. The van der Waals surface area contributed by atoms with Crippen molar-refractivity contribution in [3.63, 3.8) is 0 Å². The van der Waals surface area contributed by atoms with E-state index >= 15 is 0 Å². The van der Waals surface area contributed by atoms with E-state index < -0.39 is 0 Å². The van der Waals surface area contributed by atoms with E-state index in [4.69, 9.17) is 0 Å². The second-order valence-corrected chi connectivity index (χ2v) is 5.39. The highest BCUT2D eigenvalue weighted by Gasteiger charge is 2.16. The Morgan fingerprint density at radius 1 is 1.26 bits per heavy atom. The molecule has 0 radical (unpaired) electrons. The van der Waals surface area contributed by atoms with Crippen molar-refractivity contribution in [2.24, 2.45) is 5.92 Å². The van der Waals surface area contributed by atoms with Crippen LogP contribution in [0.15, 0.2) is 24.3 Å². The number of hydrogen-bond acceptors (Lipinski definition) is 2. The van der Waals surface area contributed by atoms with Crippen LogP contribution in [0, 0.1) is 5.92 Å². The van der Waals surface area contributed by atoms with Gasteiger partial charge in [-0.25, -0.2) is 0 Å². The molecule has 0 atom stereocenters. The van der Waals surface area contributed by atoms with Crippen LogP contribution in [0.25, 0.3) is 0 Å². The molecular formula is C16H24N2O. The van der Waals surface area contributed by atoms with Crippen LogP contribution < -0.4 is 10.6 Å². The smallest absolute Gasteiger partial charge is 0.224 e. The Labute approximate surface area is 115 Å². The molecular weight excluding hydrogens is 236 g/mol. The number of aryl methyl sites for hydroxylation is 1. The van der Waals surface area contributed by atoms with Crippen molar-refractivity contribution in [1.29, 1.82) is 0 Å². The lowest BCUT2D eigenvalue weighted by molar-refractivity contribution is -0.117. The number of rotatable bonds is 5. The largest absolute Gasteiger partial charge is 0.326 e. The van der Waals surface area contributed by atoms with Crippen LogP contribution >= 0.6 is 0 Å². The maximum atomic E-state index is 12.0. The summed E-state index contributed by atoms with van der Waals surface area (Å²) in [7, 11) is 0. The quantitative estimate of drug-likeness (QED) is 0.854. The Morgan fingerprint density at radius 2 is 1.95 bits per heavy atom. The molecule has 1 aromatic carbocycles.